The molecule has 0 bridgehead atoms. The Kier molecular flexibility index (Phi) is 4.04. The number of amides is 1. The molecule has 0 aliphatic carbocycles. The van der Waals surface area contributed by atoms with E-state index in [0.717, 1.165) is 24.5 Å². The quantitative estimate of drug-likeness (QED) is 0.783. The molecule has 3 aromatic rings. The fraction of sp³-hybridized carbons (Fsp3) is 0.333. The maximum absolute atomic E-state index is 12.5. The van der Waals surface area contributed by atoms with Gasteiger partial charge >= 0.3 is 0 Å². The predicted octanol–water partition coefficient (Wildman–Crippen LogP) is 2.49. The third kappa shape index (κ3) is 2.92. The smallest absolute Gasteiger partial charge is 0.271 e. The topological polar surface area (TPSA) is 62.8 Å². The number of likely N-dealkylation sites (tertiary alicyclic amines) is 1. The normalized spacial score (nSPS) is 16.5. The number of imidazole rings is 1. The van der Waals surface area contributed by atoms with E-state index in [-0.39, 0.29) is 11.9 Å². The van der Waals surface area contributed by atoms with Crippen LogP contribution in [0.2, 0.25) is 0 Å². The van der Waals surface area contributed by atoms with E-state index < -0.39 is 0 Å². The van der Waals surface area contributed by atoms with Crippen LogP contribution in [0.4, 0.5) is 0 Å². The number of aromatic nitrogens is 2. The van der Waals surface area contributed by atoms with E-state index in [1.165, 1.54) is 12.8 Å². The summed E-state index contributed by atoms with van der Waals surface area (Å²) in [5.74, 6) is 0.738. The summed E-state index contributed by atoms with van der Waals surface area (Å²) in [5, 5.41) is 3.01. The van der Waals surface area contributed by atoms with Gasteiger partial charge in [-0.1, -0.05) is 6.07 Å². The molecule has 3 aromatic heterocycles. The molecule has 4 heterocycles. The molecule has 6 heteroatoms. The third-order valence-electron chi connectivity index (χ3n) is 4.51. The fourth-order valence-electron chi connectivity index (χ4n) is 3.27. The van der Waals surface area contributed by atoms with Crippen LogP contribution in [0.15, 0.2) is 53.4 Å². The molecule has 1 saturated heterocycles. The van der Waals surface area contributed by atoms with Gasteiger partial charge in [-0.25, -0.2) is 4.98 Å². The number of rotatable bonds is 5. The lowest BCUT2D eigenvalue weighted by atomic mass is 10.2. The van der Waals surface area contributed by atoms with Crippen LogP contribution in [-0.4, -0.2) is 39.8 Å². The SMILES string of the molecule is O=C(NCC(c1ccco1)N1CCCC1)c1cn2ccccc2n1. The number of carbonyl (C=O) groups is 1. The minimum Gasteiger partial charge on any atom is -0.468 e. The van der Waals surface area contributed by atoms with Crippen molar-refractivity contribution >= 4 is 11.6 Å². The first kappa shape index (κ1) is 15.0. The summed E-state index contributed by atoms with van der Waals surface area (Å²) < 4.78 is 7.43. The number of carbonyl (C=O) groups excluding carboxylic acids is 1. The second-order valence-electron chi connectivity index (χ2n) is 6.08. The molecular weight excluding hydrogens is 304 g/mol. The maximum Gasteiger partial charge on any atom is 0.271 e. The van der Waals surface area contributed by atoms with E-state index in [2.05, 4.69) is 15.2 Å². The molecule has 1 aliphatic heterocycles. The minimum atomic E-state index is -0.158. The molecule has 1 amide bonds. The molecule has 1 atom stereocenters. The van der Waals surface area contributed by atoms with Crippen LogP contribution in [0.3, 0.4) is 0 Å². The monoisotopic (exact) mass is 324 g/mol. The van der Waals surface area contributed by atoms with Gasteiger partial charge in [0.05, 0.1) is 12.3 Å². The first-order valence-corrected chi connectivity index (χ1v) is 8.30. The van der Waals surface area contributed by atoms with Crippen molar-refractivity contribution in [3.63, 3.8) is 0 Å². The van der Waals surface area contributed by atoms with E-state index in [0.29, 0.717) is 12.2 Å². The molecule has 1 N–H and O–H groups in total. The van der Waals surface area contributed by atoms with Crippen LogP contribution in [0.5, 0.6) is 0 Å². The Labute approximate surface area is 140 Å². The highest BCUT2D eigenvalue weighted by atomic mass is 16.3. The Morgan fingerprint density at radius 2 is 2.12 bits per heavy atom. The van der Waals surface area contributed by atoms with Gasteiger partial charge in [0.15, 0.2) is 0 Å². The van der Waals surface area contributed by atoms with Crippen molar-refractivity contribution in [1.82, 2.24) is 19.6 Å². The predicted molar refractivity (Wildman–Crippen MR) is 89.8 cm³/mol. The molecule has 0 spiro atoms. The Morgan fingerprint density at radius 1 is 1.25 bits per heavy atom. The van der Waals surface area contributed by atoms with Gasteiger partial charge < -0.3 is 14.1 Å². The van der Waals surface area contributed by atoms with E-state index >= 15 is 0 Å². The Hall–Kier alpha value is -2.60. The Balaban J connectivity index is 1.48. The van der Waals surface area contributed by atoms with Crippen LogP contribution in [0, 0.1) is 0 Å². The summed E-state index contributed by atoms with van der Waals surface area (Å²) in [6.45, 7) is 2.59. The summed E-state index contributed by atoms with van der Waals surface area (Å²) in [6, 6.07) is 9.64. The van der Waals surface area contributed by atoms with E-state index in [9.17, 15) is 4.79 Å². The molecule has 6 nitrogen and oxygen atoms in total. The third-order valence-corrected chi connectivity index (χ3v) is 4.51. The molecule has 4 rings (SSSR count). The van der Waals surface area contributed by atoms with Crippen LogP contribution in [0.1, 0.15) is 35.1 Å². The summed E-state index contributed by atoms with van der Waals surface area (Å²) >= 11 is 0. The summed E-state index contributed by atoms with van der Waals surface area (Å²) in [5.41, 5.74) is 1.20. The highest BCUT2D eigenvalue weighted by Gasteiger charge is 2.26. The molecule has 1 unspecified atom stereocenters. The zero-order valence-electron chi connectivity index (χ0n) is 13.4. The van der Waals surface area contributed by atoms with Crippen molar-refractivity contribution < 1.29 is 9.21 Å². The number of hydrogen-bond acceptors (Lipinski definition) is 4. The molecule has 1 aliphatic rings. The van der Waals surface area contributed by atoms with E-state index in [1.807, 2.05) is 40.9 Å². The molecule has 0 radical (unpaired) electrons. The first-order chi connectivity index (χ1) is 11.8. The number of furan rings is 1. The maximum atomic E-state index is 12.5. The lowest BCUT2D eigenvalue weighted by molar-refractivity contribution is 0.0929. The number of hydrogen-bond donors (Lipinski definition) is 1. The number of pyridine rings is 1. The van der Waals surface area contributed by atoms with Gasteiger partial charge in [-0.3, -0.25) is 9.69 Å². The molecule has 24 heavy (non-hydrogen) atoms. The van der Waals surface area contributed by atoms with Crippen molar-refractivity contribution in [2.75, 3.05) is 19.6 Å². The summed E-state index contributed by atoms with van der Waals surface area (Å²) in [4.78, 5) is 19.2. The lowest BCUT2D eigenvalue weighted by Gasteiger charge is -2.25. The highest BCUT2D eigenvalue weighted by Crippen LogP contribution is 2.24. The number of nitrogens with one attached hydrogen (secondary N) is 1. The first-order valence-electron chi connectivity index (χ1n) is 8.30. The highest BCUT2D eigenvalue weighted by molar-refractivity contribution is 5.92. The largest absolute Gasteiger partial charge is 0.468 e. The van der Waals surface area contributed by atoms with Crippen molar-refractivity contribution in [3.05, 3.63) is 60.4 Å². The molecular formula is C18H20N4O2. The Bertz CT molecular complexity index is 786. The van der Waals surface area contributed by atoms with Crippen molar-refractivity contribution in [2.45, 2.75) is 18.9 Å². The Morgan fingerprint density at radius 3 is 2.88 bits per heavy atom. The van der Waals surface area contributed by atoms with Gasteiger partial charge in [0, 0.05) is 18.9 Å². The average Bonchev–Trinajstić information content (AvgIpc) is 3.35. The summed E-state index contributed by atoms with van der Waals surface area (Å²) in [6.07, 6.45) is 7.70. The van der Waals surface area contributed by atoms with Gasteiger partial charge in [0.25, 0.3) is 5.91 Å². The second kappa shape index (κ2) is 6.49. The summed E-state index contributed by atoms with van der Waals surface area (Å²) in [7, 11) is 0. The van der Waals surface area contributed by atoms with Gasteiger partial charge in [-0.15, -0.1) is 0 Å². The van der Waals surface area contributed by atoms with Crippen LogP contribution < -0.4 is 5.32 Å². The average molecular weight is 324 g/mol. The minimum absolute atomic E-state index is 0.0727. The van der Waals surface area contributed by atoms with Crippen LogP contribution in [0.25, 0.3) is 5.65 Å². The van der Waals surface area contributed by atoms with E-state index in [1.54, 1.807) is 12.5 Å². The van der Waals surface area contributed by atoms with Gasteiger partial charge in [0.1, 0.15) is 17.1 Å². The van der Waals surface area contributed by atoms with Crippen LogP contribution in [-0.2, 0) is 0 Å². The zero-order valence-corrected chi connectivity index (χ0v) is 13.4. The van der Waals surface area contributed by atoms with Crippen LogP contribution >= 0.6 is 0 Å². The standard InChI is InChI=1S/C18H20N4O2/c23-18(14-13-22-10-2-1-7-17(22)20-14)19-12-15(16-6-5-11-24-16)21-8-3-4-9-21/h1-2,5-7,10-11,13,15H,3-4,8-9,12H2,(H,19,23). The van der Waals surface area contributed by atoms with Crippen molar-refractivity contribution in [1.29, 1.82) is 0 Å². The molecule has 1 fully saturated rings. The second-order valence-corrected chi connectivity index (χ2v) is 6.08. The van der Waals surface area contributed by atoms with Crippen molar-refractivity contribution in [3.8, 4) is 0 Å². The molecule has 0 aromatic carbocycles. The van der Waals surface area contributed by atoms with Gasteiger partial charge in [-0.05, 0) is 50.2 Å². The van der Waals surface area contributed by atoms with Gasteiger partial charge in [-0.2, -0.15) is 0 Å². The molecule has 0 saturated carbocycles. The lowest BCUT2D eigenvalue weighted by Crippen LogP contribution is -2.36. The molecule has 124 valence electrons. The van der Waals surface area contributed by atoms with Crippen molar-refractivity contribution in [2.24, 2.45) is 0 Å². The van der Waals surface area contributed by atoms with E-state index in [4.69, 9.17) is 4.42 Å². The zero-order chi connectivity index (χ0) is 16.4. The van der Waals surface area contributed by atoms with Gasteiger partial charge in [0.2, 0.25) is 0 Å². The number of nitrogens with zero attached hydrogens (tertiary/aromatic N) is 3. The fourth-order valence-corrected chi connectivity index (χ4v) is 3.27. The number of fused-ring (bicyclic) bond motifs is 1.